The summed E-state index contributed by atoms with van der Waals surface area (Å²) in [7, 11) is 1.62. The predicted octanol–water partition coefficient (Wildman–Crippen LogP) is 2.08. The van der Waals surface area contributed by atoms with Crippen molar-refractivity contribution in [3.8, 4) is 0 Å². The third-order valence-electron chi connectivity index (χ3n) is 2.90. The lowest BCUT2D eigenvalue weighted by Gasteiger charge is -2.31. The van der Waals surface area contributed by atoms with E-state index in [2.05, 4.69) is 0 Å². The number of hydrogen-bond donors (Lipinski definition) is 2. The molecule has 2 atom stereocenters. The van der Waals surface area contributed by atoms with Gasteiger partial charge in [-0.05, 0) is 19.9 Å². The van der Waals surface area contributed by atoms with Crippen LogP contribution in [0.4, 0.5) is 13.2 Å². The van der Waals surface area contributed by atoms with Gasteiger partial charge >= 0.3 is 6.18 Å². The first-order valence-electron chi connectivity index (χ1n) is 5.18. The Hall–Kier alpha value is -0.780. The second kappa shape index (κ2) is 5.52. The van der Waals surface area contributed by atoms with Crippen molar-refractivity contribution in [2.75, 3.05) is 13.6 Å². The molecule has 0 aromatic heterocycles. The first-order valence-corrected chi connectivity index (χ1v) is 5.18. The van der Waals surface area contributed by atoms with Crippen LogP contribution in [0.1, 0.15) is 20.8 Å². The van der Waals surface area contributed by atoms with Crippen LogP contribution in [0.15, 0.2) is 0 Å². The molecule has 0 spiro atoms. The number of halogens is 3. The van der Waals surface area contributed by atoms with Crippen molar-refractivity contribution in [2.24, 2.45) is 17.6 Å². The number of amidine groups is 1. The van der Waals surface area contributed by atoms with Crippen molar-refractivity contribution in [3.63, 3.8) is 0 Å². The average Bonchev–Trinajstić information content (AvgIpc) is 2.09. The molecule has 6 heteroatoms. The Kier molecular flexibility index (Phi) is 5.25. The summed E-state index contributed by atoms with van der Waals surface area (Å²) in [5.41, 5.74) is 4.98. The first kappa shape index (κ1) is 15.2. The van der Waals surface area contributed by atoms with Crippen molar-refractivity contribution in [2.45, 2.75) is 33.0 Å². The Bertz CT molecular complexity index is 238. The molecule has 0 radical (unpaired) electrons. The summed E-state index contributed by atoms with van der Waals surface area (Å²) in [5.74, 6) is -2.44. The predicted molar refractivity (Wildman–Crippen MR) is 58.4 cm³/mol. The molecule has 0 amide bonds. The molecular weight excluding hydrogens is 219 g/mol. The van der Waals surface area contributed by atoms with Gasteiger partial charge in [-0.2, -0.15) is 13.2 Å². The van der Waals surface area contributed by atoms with E-state index in [1.165, 1.54) is 0 Å². The van der Waals surface area contributed by atoms with Crippen LogP contribution < -0.4 is 5.73 Å². The highest BCUT2D eigenvalue weighted by Gasteiger charge is 2.42. The number of rotatable bonds is 5. The molecule has 2 unspecified atom stereocenters. The largest absolute Gasteiger partial charge is 0.399 e. The van der Waals surface area contributed by atoms with Crippen LogP contribution in [-0.4, -0.2) is 36.5 Å². The Morgan fingerprint density at radius 2 is 1.75 bits per heavy atom. The van der Waals surface area contributed by atoms with E-state index in [1.54, 1.807) is 11.9 Å². The molecule has 0 aliphatic rings. The van der Waals surface area contributed by atoms with Crippen LogP contribution in [0.25, 0.3) is 0 Å². The number of hydrogen-bond acceptors (Lipinski definition) is 2. The molecule has 0 aliphatic carbocycles. The van der Waals surface area contributed by atoms with Gasteiger partial charge in [0.1, 0.15) is 11.8 Å². The minimum Gasteiger partial charge on any atom is -0.387 e. The summed E-state index contributed by atoms with van der Waals surface area (Å²) in [6.07, 6.45) is -4.45. The third-order valence-corrected chi connectivity index (χ3v) is 2.90. The minimum atomic E-state index is -4.45. The molecule has 0 heterocycles. The van der Waals surface area contributed by atoms with Crippen molar-refractivity contribution in [1.29, 1.82) is 5.41 Å². The average molecular weight is 239 g/mol. The molecule has 3 N–H and O–H groups in total. The standard InChI is InChI=1S/C10H20F3N3/c1-6(2)7(3)16(4)5-8(9(14)15)10(11,12)13/h6-8H,5H2,1-4H3,(H3,14,15). The van der Waals surface area contributed by atoms with Gasteiger partial charge in [0.15, 0.2) is 0 Å². The summed E-state index contributed by atoms with van der Waals surface area (Å²) in [5, 5.41) is 6.98. The normalized spacial score (nSPS) is 16.6. The number of nitrogens with zero attached hydrogens (tertiary/aromatic N) is 1. The summed E-state index contributed by atoms with van der Waals surface area (Å²) in [6, 6.07) is 0.0178. The van der Waals surface area contributed by atoms with Crippen molar-refractivity contribution in [3.05, 3.63) is 0 Å². The Labute approximate surface area is 94.3 Å². The van der Waals surface area contributed by atoms with Gasteiger partial charge in [-0.15, -0.1) is 0 Å². The zero-order chi connectivity index (χ0) is 13.1. The van der Waals surface area contributed by atoms with Crippen LogP contribution >= 0.6 is 0 Å². The fourth-order valence-electron chi connectivity index (χ4n) is 1.34. The van der Waals surface area contributed by atoms with E-state index >= 15 is 0 Å². The minimum absolute atomic E-state index is 0.0178. The highest BCUT2D eigenvalue weighted by Crippen LogP contribution is 2.27. The van der Waals surface area contributed by atoms with E-state index in [0.717, 1.165) is 0 Å². The fourth-order valence-corrected chi connectivity index (χ4v) is 1.34. The quantitative estimate of drug-likeness (QED) is 0.570. The molecule has 0 fully saturated rings. The maximum Gasteiger partial charge on any atom is 0.399 e. The van der Waals surface area contributed by atoms with Crippen LogP contribution in [0, 0.1) is 17.2 Å². The molecule has 0 saturated carbocycles. The van der Waals surface area contributed by atoms with E-state index in [9.17, 15) is 13.2 Å². The van der Waals surface area contributed by atoms with Crippen molar-refractivity contribution in [1.82, 2.24) is 4.90 Å². The second-order valence-electron chi connectivity index (χ2n) is 4.47. The Balaban J connectivity index is 4.60. The molecule has 0 saturated heterocycles. The maximum absolute atomic E-state index is 12.5. The molecule has 0 aromatic rings. The van der Waals surface area contributed by atoms with Crippen molar-refractivity contribution >= 4 is 5.84 Å². The van der Waals surface area contributed by atoms with E-state index in [1.807, 2.05) is 20.8 Å². The second-order valence-corrected chi connectivity index (χ2v) is 4.47. The van der Waals surface area contributed by atoms with Crippen LogP contribution in [0.3, 0.4) is 0 Å². The number of nitrogens with two attached hydrogens (primary N) is 1. The smallest absolute Gasteiger partial charge is 0.387 e. The lowest BCUT2D eigenvalue weighted by atomic mass is 10.0. The molecule has 0 aliphatic heterocycles. The van der Waals surface area contributed by atoms with E-state index < -0.39 is 17.9 Å². The van der Waals surface area contributed by atoms with Gasteiger partial charge in [0.2, 0.25) is 0 Å². The van der Waals surface area contributed by atoms with E-state index in [4.69, 9.17) is 11.1 Å². The first-order chi connectivity index (χ1) is 7.07. The van der Waals surface area contributed by atoms with Gasteiger partial charge in [0, 0.05) is 12.6 Å². The maximum atomic E-state index is 12.5. The molecule has 96 valence electrons. The van der Waals surface area contributed by atoms with E-state index in [-0.39, 0.29) is 18.5 Å². The Morgan fingerprint density at radius 3 is 2.00 bits per heavy atom. The lowest BCUT2D eigenvalue weighted by molar-refractivity contribution is -0.160. The molecular formula is C10H20F3N3. The highest BCUT2D eigenvalue weighted by atomic mass is 19.4. The Morgan fingerprint density at radius 1 is 1.31 bits per heavy atom. The van der Waals surface area contributed by atoms with Crippen LogP contribution in [0.5, 0.6) is 0 Å². The van der Waals surface area contributed by atoms with E-state index in [0.29, 0.717) is 0 Å². The summed E-state index contributed by atoms with van der Waals surface area (Å²) < 4.78 is 37.6. The van der Waals surface area contributed by atoms with Gasteiger partial charge in [-0.3, -0.25) is 5.41 Å². The van der Waals surface area contributed by atoms with Gasteiger partial charge in [0.25, 0.3) is 0 Å². The van der Waals surface area contributed by atoms with Crippen LogP contribution in [-0.2, 0) is 0 Å². The van der Waals surface area contributed by atoms with Gasteiger partial charge in [-0.25, -0.2) is 0 Å². The summed E-state index contributed by atoms with van der Waals surface area (Å²) in [6.45, 7) is 5.48. The highest BCUT2D eigenvalue weighted by molar-refractivity contribution is 5.80. The SMILES string of the molecule is CC(C)C(C)N(C)CC(C(=N)N)C(F)(F)F. The number of nitrogens with one attached hydrogen (secondary N) is 1. The van der Waals surface area contributed by atoms with Gasteiger partial charge in [-0.1, -0.05) is 13.8 Å². The lowest BCUT2D eigenvalue weighted by Crippen LogP contribution is -2.46. The number of alkyl halides is 3. The molecule has 3 nitrogen and oxygen atoms in total. The van der Waals surface area contributed by atoms with Gasteiger partial charge in [0.05, 0.1) is 0 Å². The summed E-state index contributed by atoms with van der Waals surface area (Å²) >= 11 is 0. The monoisotopic (exact) mass is 239 g/mol. The zero-order valence-electron chi connectivity index (χ0n) is 10.1. The topological polar surface area (TPSA) is 53.1 Å². The zero-order valence-corrected chi connectivity index (χ0v) is 10.1. The van der Waals surface area contributed by atoms with Gasteiger partial charge < -0.3 is 10.6 Å². The summed E-state index contributed by atoms with van der Waals surface area (Å²) in [4.78, 5) is 1.59. The fraction of sp³-hybridized carbons (Fsp3) is 0.900. The molecule has 0 bridgehead atoms. The molecule has 0 aromatic carbocycles. The van der Waals surface area contributed by atoms with Crippen molar-refractivity contribution < 1.29 is 13.2 Å². The van der Waals surface area contributed by atoms with Crippen LogP contribution in [0.2, 0.25) is 0 Å². The molecule has 16 heavy (non-hydrogen) atoms. The molecule has 0 rings (SSSR count). The third kappa shape index (κ3) is 4.38.